The summed E-state index contributed by atoms with van der Waals surface area (Å²) in [5, 5.41) is 0.431. The molecule has 0 fully saturated rings. The predicted octanol–water partition coefficient (Wildman–Crippen LogP) is 3.53. The van der Waals surface area contributed by atoms with Crippen molar-refractivity contribution in [1.82, 2.24) is 4.98 Å². The first kappa shape index (κ1) is 11.7. The summed E-state index contributed by atoms with van der Waals surface area (Å²) in [7, 11) is 1.55. The highest BCUT2D eigenvalue weighted by Gasteiger charge is 1.99. The smallest absolute Gasteiger partial charge is 0.229 e. The standard InChI is InChI=1S/C6H5BrClNO.C2H6/c1-10-6-4(7)2-3-5(8)9-6;1-2/h2-3H,1H3;1-2H3. The molecule has 1 heterocycles. The first-order chi connectivity index (χ1) is 5.74. The van der Waals surface area contributed by atoms with Gasteiger partial charge in [0.2, 0.25) is 5.88 Å². The molecule has 0 aliphatic heterocycles. The Bertz CT molecular complexity index is 242. The first-order valence-corrected chi connectivity index (χ1v) is 4.77. The van der Waals surface area contributed by atoms with Crippen LogP contribution in [0.25, 0.3) is 0 Å². The third-order valence-corrected chi connectivity index (χ3v) is 1.79. The Labute approximate surface area is 86.0 Å². The van der Waals surface area contributed by atoms with Crippen molar-refractivity contribution in [2.75, 3.05) is 7.11 Å². The number of nitrogens with zero attached hydrogens (tertiary/aromatic N) is 1. The minimum Gasteiger partial charge on any atom is -0.480 e. The normalized spacial score (nSPS) is 8.42. The maximum absolute atomic E-state index is 5.58. The number of halogens is 2. The molecule has 68 valence electrons. The number of hydrogen-bond acceptors (Lipinski definition) is 2. The molecule has 0 unspecified atom stereocenters. The average molecular weight is 253 g/mol. The molecule has 0 amide bonds. The molecule has 2 nitrogen and oxygen atoms in total. The van der Waals surface area contributed by atoms with E-state index in [-0.39, 0.29) is 0 Å². The summed E-state index contributed by atoms with van der Waals surface area (Å²) in [4.78, 5) is 3.89. The van der Waals surface area contributed by atoms with Crippen LogP contribution in [-0.2, 0) is 0 Å². The summed E-state index contributed by atoms with van der Waals surface area (Å²) in [5.41, 5.74) is 0. The van der Waals surface area contributed by atoms with E-state index in [2.05, 4.69) is 20.9 Å². The van der Waals surface area contributed by atoms with Crippen LogP contribution in [0.2, 0.25) is 5.15 Å². The molecule has 0 aromatic carbocycles. The lowest BCUT2D eigenvalue weighted by molar-refractivity contribution is 0.395. The number of ether oxygens (including phenoxy) is 1. The van der Waals surface area contributed by atoms with E-state index in [0.717, 1.165) is 4.47 Å². The Kier molecular flexibility index (Phi) is 6.11. The minimum atomic E-state index is 0.431. The topological polar surface area (TPSA) is 22.1 Å². The fourth-order valence-corrected chi connectivity index (χ4v) is 1.07. The molecule has 0 atom stereocenters. The molecular weight excluding hydrogens is 241 g/mol. The van der Waals surface area contributed by atoms with Crippen LogP contribution in [0.5, 0.6) is 5.88 Å². The zero-order valence-corrected chi connectivity index (χ0v) is 9.61. The third-order valence-electron chi connectivity index (χ3n) is 0.973. The molecule has 12 heavy (non-hydrogen) atoms. The molecule has 0 aliphatic rings. The van der Waals surface area contributed by atoms with Gasteiger partial charge < -0.3 is 4.74 Å². The molecule has 1 aromatic heterocycles. The summed E-state index contributed by atoms with van der Waals surface area (Å²) in [5.74, 6) is 0.507. The molecule has 0 saturated carbocycles. The minimum absolute atomic E-state index is 0.431. The van der Waals surface area contributed by atoms with Gasteiger partial charge in [0.1, 0.15) is 5.15 Å². The fourth-order valence-electron chi connectivity index (χ4n) is 0.544. The number of methoxy groups -OCH3 is 1. The zero-order chi connectivity index (χ0) is 9.56. The molecule has 0 radical (unpaired) electrons. The van der Waals surface area contributed by atoms with Crippen LogP contribution in [-0.4, -0.2) is 12.1 Å². The lowest BCUT2D eigenvalue weighted by Gasteiger charge is -1.99. The van der Waals surface area contributed by atoms with E-state index in [0.29, 0.717) is 11.0 Å². The van der Waals surface area contributed by atoms with E-state index < -0.39 is 0 Å². The van der Waals surface area contributed by atoms with Crippen LogP contribution >= 0.6 is 27.5 Å². The molecule has 0 spiro atoms. The lowest BCUT2D eigenvalue weighted by atomic mass is 10.5. The summed E-state index contributed by atoms with van der Waals surface area (Å²) in [6.07, 6.45) is 0. The molecular formula is C8H11BrClNO. The van der Waals surface area contributed by atoms with Crippen LogP contribution in [0.15, 0.2) is 16.6 Å². The van der Waals surface area contributed by atoms with Gasteiger partial charge in [-0.05, 0) is 28.1 Å². The van der Waals surface area contributed by atoms with Crippen LogP contribution in [0.3, 0.4) is 0 Å². The zero-order valence-electron chi connectivity index (χ0n) is 7.27. The van der Waals surface area contributed by atoms with Crippen LogP contribution in [0.4, 0.5) is 0 Å². The van der Waals surface area contributed by atoms with E-state index in [4.69, 9.17) is 16.3 Å². The molecule has 1 rings (SSSR count). The van der Waals surface area contributed by atoms with E-state index in [1.807, 2.05) is 13.8 Å². The maximum atomic E-state index is 5.58. The van der Waals surface area contributed by atoms with E-state index in [9.17, 15) is 0 Å². The quantitative estimate of drug-likeness (QED) is 0.713. The third kappa shape index (κ3) is 3.41. The van der Waals surface area contributed by atoms with Crippen molar-refractivity contribution in [3.05, 3.63) is 21.8 Å². The van der Waals surface area contributed by atoms with Gasteiger partial charge in [-0.1, -0.05) is 25.4 Å². The molecule has 0 bridgehead atoms. The van der Waals surface area contributed by atoms with E-state index in [1.54, 1.807) is 19.2 Å². The van der Waals surface area contributed by atoms with Gasteiger partial charge in [-0.2, -0.15) is 0 Å². The molecule has 0 saturated heterocycles. The highest BCUT2D eigenvalue weighted by atomic mass is 79.9. The van der Waals surface area contributed by atoms with Crippen LogP contribution < -0.4 is 4.74 Å². The number of aromatic nitrogens is 1. The highest BCUT2D eigenvalue weighted by molar-refractivity contribution is 9.10. The predicted molar refractivity (Wildman–Crippen MR) is 54.8 cm³/mol. The fraction of sp³-hybridized carbons (Fsp3) is 0.375. The maximum Gasteiger partial charge on any atom is 0.229 e. The van der Waals surface area contributed by atoms with Gasteiger partial charge in [0.05, 0.1) is 11.6 Å². The van der Waals surface area contributed by atoms with E-state index >= 15 is 0 Å². The van der Waals surface area contributed by atoms with Gasteiger partial charge in [0, 0.05) is 0 Å². The van der Waals surface area contributed by atoms with E-state index in [1.165, 1.54) is 0 Å². The Balaban J connectivity index is 0.000000561. The van der Waals surface area contributed by atoms with Crippen molar-refractivity contribution < 1.29 is 4.74 Å². The number of pyridine rings is 1. The molecule has 1 aromatic rings. The largest absolute Gasteiger partial charge is 0.480 e. The second-order valence-corrected chi connectivity index (χ2v) is 2.87. The van der Waals surface area contributed by atoms with Crippen molar-refractivity contribution >= 4 is 27.5 Å². The average Bonchev–Trinajstić information content (AvgIpc) is 2.13. The van der Waals surface area contributed by atoms with Gasteiger partial charge in [0.15, 0.2) is 0 Å². The van der Waals surface area contributed by atoms with Crippen molar-refractivity contribution in [2.24, 2.45) is 0 Å². The summed E-state index contributed by atoms with van der Waals surface area (Å²) >= 11 is 8.83. The first-order valence-electron chi connectivity index (χ1n) is 3.60. The van der Waals surface area contributed by atoms with Gasteiger partial charge >= 0.3 is 0 Å². The SMILES string of the molecule is CC.COc1nc(Cl)ccc1Br. The molecule has 4 heteroatoms. The molecule has 0 N–H and O–H groups in total. The van der Waals surface area contributed by atoms with Crippen molar-refractivity contribution in [2.45, 2.75) is 13.8 Å². The van der Waals surface area contributed by atoms with Crippen molar-refractivity contribution in [3.63, 3.8) is 0 Å². The number of hydrogen-bond donors (Lipinski definition) is 0. The Morgan fingerprint density at radius 3 is 2.42 bits per heavy atom. The van der Waals surface area contributed by atoms with Gasteiger partial charge in [-0.15, -0.1) is 0 Å². The second-order valence-electron chi connectivity index (χ2n) is 1.63. The van der Waals surface area contributed by atoms with Gasteiger partial charge in [-0.3, -0.25) is 0 Å². The van der Waals surface area contributed by atoms with Gasteiger partial charge in [-0.25, -0.2) is 4.98 Å². The van der Waals surface area contributed by atoms with Crippen LogP contribution in [0, 0.1) is 0 Å². The highest BCUT2D eigenvalue weighted by Crippen LogP contribution is 2.23. The van der Waals surface area contributed by atoms with Crippen molar-refractivity contribution in [3.8, 4) is 5.88 Å². The Morgan fingerprint density at radius 2 is 2.00 bits per heavy atom. The van der Waals surface area contributed by atoms with Crippen LogP contribution in [0.1, 0.15) is 13.8 Å². The Hall–Kier alpha value is -0.280. The molecule has 0 aliphatic carbocycles. The van der Waals surface area contributed by atoms with Crippen molar-refractivity contribution in [1.29, 1.82) is 0 Å². The monoisotopic (exact) mass is 251 g/mol. The van der Waals surface area contributed by atoms with Gasteiger partial charge in [0.25, 0.3) is 0 Å². The number of rotatable bonds is 1. The second kappa shape index (κ2) is 6.26. The Morgan fingerprint density at radius 1 is 1.42 bits per heavy atom. The summed E-state index contributed by atoms with van der Waals surface area (Å²) < 4.78 is 5.69. The summed E-state index contributed by atoms with van der Waals surface area (Å²) in [6.45, 7) is 4.00. The lowest BCUT2D eigenvalue weighted by Crippen LogP contribution is -1.87. The summed E-state index contributed by atoms with van der Waals surface area (Å²) in [6, 6.07) is 3.47.